The minimum atomic E-state index is -2.95. The third-order valence-corrected chi connectivity index (χ3v) is 3.45. The van der Waals surface area contributed by atoms with Crippen LogP contribution in [0.2, 0.25) is 0 Å². The van der Waals surface area contributed by atoms with Gasteiger partial charge in [0, 0.05) is 29.8 Å². The number of benzene rings is 1. The highest BCUT2D eigenvalue weighted by Crippen LogP contribution is 2.30. The Bertz CT molecular complexity index is 690. The van der Waals surface area contributed by atoms with Crippen LogP contribution in [-0.2, 0) is 20.9 Å². The van der Waals surface area contributed by atoms with Crippen LogP contribution in [0.5, 0.6) is 0 Å². The number of carbonyl (C=O) groups excluding carboxylic acids is 3. The van der Waals surface area contributed by atoms with Crippen LogP contribution >= 0.6 is 0 Å². The standard InChI is InChI=1S/C14H17N3O4/c1-21-14(20)11(5-6-12(16)18)17-7-9-8(13(17)19)3-2-4-10(9)15/h2-4,11H,5-7,15H2,1H3,(H2,16,18)/i1D3. The van der Waals surface area contributed by atoms with Crippen molar-refractivity contribution < 1.29 is 23.2 Å². The number of methoxy groups -OCH3 is 1. The summed E-state index contributed by atoms with van der Waals surface area (Å²) < 4.78 is 25.5. The van der Waals surface area contributed by atoms with Gasteiger partial charge in [0.05, 0.1) is 11.2 Å². The van der Waals surface area contributed by atoms with Crippen LogP contribution in [0, 0.1) is 0 Å². The van der Waals surface area contributed by atoms with Crippen LogP contribution in [-0.4, -0.2) is 35.8 Å². The summed E-state index contributed by atoms with van der Waals surface area (Å²) in [5, 5.41) is 0. The van der Waals surface area contributed by atoms with Crippen molar-refractivity contribution in [1.29, 1.82) is 0 Å². The fraction of sp³-hybridized carbons (Fsp3) is 0.357. The Balaban J connectivity index is 2.28. The van der Waals surface area contributed by atoms with Gasteiger partial charge in [-0.15, -0.1) is 0 Å². The van der Waals surface area contributed by atoms with Crippen LogP contribution in [0.15, 0.2) is 18.2 Å². The number of nitrogen functional groups attached to an aromatic ring is 1. The molecule has 0 bridgehead atoms. The lowest BCUT2D eigenvalue weighted by Gasteiger charge is -2.25. The topological polar surface area (TPSA) is 116 Å². The maximum Gasteiger partial charge on any atom is 0.328 e. The predicted molar refractivity (Wildman–Crippen MR) is 75.0 cm³/mol. The van der Waals surface area contributed by atoms with Gasteiger partial charge in [-0.1, -0.05) is 6.07 Å². The summed E-state index contributed by atoms with van der Waals surface area (Å²) in [6.45, 7) is 0.0281. The molecule has 0 spiro atoms. The molecular weight excluding hydrogens is 274 g/mol. The number of hydrogen-bond donors (Lipinski definition) is 2. The number of anilines is 1. The van der Waals surface area contributed by atoms with Gasteiger partial charge in [0.2, 0.25) is 5.91 Å². The summed E-state index contributed by atoms with van der Waals surface area (Å²) in [5.74, 6) is -2.27. The van der Waals surface area contributed by atoms with Crippen molar-refractivity contribution in [3.05, 3.63) is 29.3 Å². The third kappa shape index (κ3) is 2.81. The zero-order valence-corrected chi connectivity index (χ0v) is 11.2. The summed E-state index contributed by atoms with van der Waals surface area (Å²) in [6.07, 6.45) is -0.333. The van der Waals surface area contributed by atoms with Crippen molar-refractivity contribution >= 4 is 23.5 Å². The van der Waals surface area contributed by atoms with Crippen LogP contribution in [0.25, 0.3) is 0 Å². The Morgan fingerprint density at radius 2 is 2.29 bits per heavy atom. The molecule has 112 valence electrons. The van der Waals surface area contributed by atoms with Gasteiger partial charge in [0.1, 0.15) is 6.04 Å². The highest BCUT2D eigenvalue weighted by atomic mass is 16.5. The molecule has 21 heavy (non-hydrogen) atoms. The SMILES string of the molecule is [2H]C([2H])([2H])OC(=O)C(CCC(N)=O)N1Cc2c(N)cccc2C1=O. The van der Waals surface area contributed by atoms with E-state index in [1.54, 1.807) is 18.2 Å². The second-order valence-electron chi connectivity index (χ2n) is 4.75. The Morgan fingerprint density at radius 1 is 1.52 bits per heavy atom. The molecule has 1 heterocycles. The molecule has 7 heteroatoms. The Labute approximate surface area is 126 Å². The monoisotopic (exact) mass is 294 g/mol. The second-order valence-corrected chi connectivity index (χ2v) is 4.75. The van der Waals surface area contributed by atoms with E-state index in [0.717, 1.165) is 4.90 Å². The zero-order chi connectivity index (χ0) is 18.1. The Morgan fingerprint density at radius 3 is 2.90 bits per heavy atom. The summed E-state index contributed by atoms with van der Waals surface area (Å²) in [4.78, 5) is 36.9. The molecule has 0 saturated heterocycles. The lowest BCUT2D eigenvalue weighted by Crippen LogP contribution is -2.42. The average Bonchev–Trinajstić information content (AvgIpc) is 2.76. The average molecular weight is 294 g/mol. The molecule has 0 fully saturated rings. The van der Waals surface area contributed by atoms with Gasteiger partial charge in [0.25, 0.3) is 5.91 Å². The molecule has 4 N–H and O–H groups in total. The first kappa shape index (κ1) is 11.1. The van der Waals surface area contributed by atoms with Gasteiger partial charge in [-0.25, -0.2) is 4.79 Å². The molecule has 0 aromatic heterocycles. The van der Waals surface area contributed by atoms with E-state index in [1.165, 1.54) is 0 Å². The lowest BCUT2D eigenvalue weighted by molar-refractivity contribution is -0.146. The molecule has 1 unspecified atom stereocenters. The van der Waals surface area contributed by atoms with E-state index in [4.69, 9.17) is 15.6 Å². The van der Waals surface area contributed by atoms with Gasteiger partial charge >= 0.3 is 5.97 Å². The van der Waals surface area contributed by atoms with Gasteiger partial charge in [-0.3, -0.25) is 9.59 Å². The number of hydrogen-bond acceptors (Lipinski definition) is 5. The first-order valence-corrected chi connectivity index (χ1v) is 6.29. The molecule has 1 aliphatic heterocycles. The molecular formula is C14H17N3O4. The van der Waals surface area contributed by atoms with E-state index in [2.05, 4.69) is 4.74 Å². The fourth-order valence-electron chi connectivity index (χ4n) is 2.38. The second kappa shape index (κ2) is 5.82. The molecule has 2 amide bonds. The van der Waals surface area contributed by atoms with Gasteiger partial charge in [0.15, 0.2) is 0 Å². The minimum Gasteiger partial charge on any atom is -0.467 e. The number of esters is 1. The van der Waals surface area contributed by atoms with Crippen molar-refractivity contribution in [2.75, 3.05) is 12.8 Å². The summed E-state index contributed by atoms with van der Waals surface area (Å²) >= 11 is 0. The summed E-state index contributed by atoms with van der Waals surface area (Å²) in [6, 6.07) is 3.55. The van der Waals surface area contributed by atoms with E-state index in [9.17, 15) is 14.4 Å². The molecule has 1 aromatic carbocycles. The number of rotatable bonds is 5. The summed E-state index contributed by atoms with van der Waals surface area (Å²) in [7, 11) is -2.95. The molecule has 0 radical (unpaired) electrons. The smallest absolute Gasteiger partial charge is 0.328 e. The third-order valence-electron chi connectivity index (χ3n) is 3.45. The number of amides is 2. The molecule has 2 rings (SSSR count). The number of carbonyl (C=O) groups is 3. The van der Waals surface area contributed by atoms with Gasteiger partial charge in [-0.05, 0) is 18.6 Å². The maximum absolute atomic E-state index is 12.5. The first-order chi connectivity index (χ1) is 11.1. The molecule has 1 atom stereocenters. The van der Waals surface area contributed by atoms with E-state index < -0.39 is 30.9 Å². The lowest BCUT2D eigenvalue weighted by atomic mass is 10.1. The fourth-order valence-corrected chi connectivity index (χ4v) is 2.38. The number of fused-ring (bicyclic) bond motifs is 1. The number of nitrogens with two attached hydrogens (primary N) is 2. The summed E-state index contributed by atoms with van der Waals surface area (Å²) in [5.41, 5.74) is 12.2. The van der Waals surface area contributed by atoms with Crippen molar-refractivity contribution in [3.63, 3.8) is 0 Å². The number of nitrogens with zero attached hydrogens (tertiary/aromatic N) is 1. The first-order valence-electron chi connectivity index (χ1n) is 7.79. The Kier molecular flexibility index (Phi) is 3.09. The highest BCUT2D eigenvalue weighted by molar-refractivity contribution is 6.02. The largest absolute Gasteiger partial charge is 0.467 e. The predicted octanol–water partition coefficient (Wildman–Crippen LogP) is 0.0317. The number of primary amides is 1. The van der Waals surface area contributed by atoms with Crippen molar-refractivity contribution in [1.82, 2.24) is 4.90 Å². The minimum absolute atomic E-state index is 0.0281. The molecule has 0 aliphatic carbocycles. The van der Waals surface area contributed by atoms with Crippen LogP contribution in [0.4, 0.5) is 5.69 Å². The van der Waals surface area contributed by atoms with E-state index in [0.29, 0.717) is 16.8 Å². The van der Waals surface area contributed by atoms with Crippen molar-refractivity contribution in [2.24, 2.45) is 5.73 Å². The van der Waals surface area contributed by atoms with Crippen LogP contribution < -0.4 is 11.5 Å². The van der Waals surface area contributed by atoms with Crippen molar-refractivity contribution in [2.45, 2.75) is 25.4 Å². The Hall–Kier alpha value is -2.57. The van der Waals surface area contributed by atoms with Crippen LogP contribution in [0.1, 0.15) is 32.9 Å². The van der Waals surface area contributed by atoms with Crippen molar-refractivity contribution in [3.8, 4) is 0 Å². The van der Waals surface area contributed by atoms with E-state index >= 15 is 0 Å². The maximum atomic E-state index is 12.5. The highest BCUT2D eigenvalue weighted by Gasteiger charge is 2.37. The number of ether oxygens (including phenoxy) is 1. The van der Waals surface area contributed by atoms with Crippen LogP contribution in [0.3, 0.4) is 0 Å². The normalized spacial score (nSPS) is 17.4. The van der Waals surface area contributed by atoms with Gasteiger partial charge < -0.3 is 21.1 Å². The molecule has 7 nitrogen and oxygen atoms in total. The van der Waals surface area contributed by atoms with Gasteiger partial charge in [-0.2, -0.15) is 0 Å². The van der Waals surface area contributed by atoms with E-state index in [-0.39, 0.29) is 19.4 Å². The molecule has 0 saturated carbocycles. The quantitative estimate of drug-likeness (QED) is 0.587. The van der Waals surface area contributed by atoms with E-state index in [1.807, 2.05) is 0 Å². The molecule has 1 aromatic rings. The zero-order valence-electron chi connectivity index (χ0n) is 14.2. The molecule has 1 aliphatic rings.